The highest BCUT2D eigenvalue weighted by Gasteiger charge is 2.22. The molecular formula is C15H18N4O. The Kier molecular flexibility index (Phi) is 3.62. The van der Waals surface area contributed by atoms with E-state index in [0.717, 1.165) is 18.6 Å². The molecule has 0 bridgehead atoms. The number of rotatable bonds is 3. The first kappa shape index (κ1) is 13.0. The van der Waals surface area contributed by atoms with Crippen molar-refractivity contribution in [1.82, 2.24) is 9.88 Å². The number of para-hydroxylation sites is 1. The van der Waals surface area contributed by atoms with Crippen molar-refractivity contribution in [2.45, 2.75) is 12.6 Å². The number of nitrogens with two attached hydrogens (primary N) is 1. The minimum Gasteiger partial charge on any atom is -0.385 e. The smallest absolute Gasteiger partial charge is 0.127 e. The summed E-state index contributed by atoms with van der Waals surface area (Å²) in [6, 6.07) is 10.2. The van der Waals surface area contributed by atoms with E-state index in [1.54, 1.807) is 0 Å². The van der Waals surface area contributed by atoms with Gasteiger partial charge in [-0.1, -0.05) is 18.2 Å². The van der Waals surface area contributed by atoms with Gasteiger partial charge in [-0.3, -0.25) is 15.3 Å². The van der Waals surface area contributed by atoms with Crippen molar-refractivity contribution in [3.63, 3.8) is 0 Å². The Hall–Kier alpha value is -1.98. The molecule has 104 valence electrons. The van der Waals surface area contributed by atoms with Gasteiger partial charge in [0.15, 0.2) is 0 Å². The van der Waals surface area contributed by atoms with Gasteiger partial charge in [0.05, 0.1) is 12.1 Å². The van der Waals surface area contributed by atoms with Crippen LogP contribution in [0, 0.1) is 5.41 Å². The zero-order valence-electron chi connectivity index (χ0n) is 11.2. The van der Waals surface area contributed by atoms with Gasteiger partial charge in [-0.15, -0.1) is 0 Å². The average Bonchev–Trinajstić information content (AvgIpc) is 2.48. The number of hydrogen-bond donors (Lipinski definition) is 2. The summed E-state index contributed by atoms with van der Waals surface area (Å²) in [5, 5.41) is 8.69. The predicted octanol–water partition coefficient (Wildman–Crippen LogP) is 1.37. The molecule has 0 saturated carbocycles. The van der Waals surface area contributed by atoms with E-state index in [1.807, 2.05) is 24.4 Å². The summed E-state index contributed by atoms with van der Waals surface area (Å²) >= 11 is 0. The van der Waals surface area contributed by atoms with Gasteiger partial charge in [0, 0.05) is 31.2 Å². The largest absolute Gasteiger partial charge is 0.385 e. The van der Waals surface area contributed by atoms with Crippen LogP contribution in [0.2, 0.25) is 0 Å². The fraction of sp³-hybridized carbons (Fsp3) is 0.333. The molecule has 0 radical (unpaired) electrons. The molecule has 0 amide bonds. The van der Waals surface area contributed by atoms with E-state index in [4.69, 9.17) is 15.9 Å². The van der Waals surface area contributed by atoms with Crippen LogP contribution in [0.4, 0.5) is 0 Å². The molecule has 1 aliphatic heterocycles. The maximum atomic E-state index is 7.51. The van der Waals surface area contributed by atoms with Crippen LogP contribution >= 0.6 is 0 Å². The average molecular weight is 270 g/mol. The normalized spacial score (nSPS) is 20.1. The molecule has 3 rings (SSSR count). The Morgan fingerprint density at radius 3 is 3.10 bits per heavy atom. The van der Waals surface area contributed by atoms with Crippen molar-refractivity contribution in [3.05, 3.63) is 42.1 Å². The number of pyridine rings is 1. The van der Waals surface area contributed by atoms with Crippen molar-refractivity contribution in [2.24, 2.45) is 5.73 Å². The fourth-order valence-electron chi connectivity index (χ4n) is 2.57. The molecule has 20 heavy (non-hydrogen) atoms. The second kappa shape index (κ2) is 5.56. The SMILES string of the molecule is N=C(N)C1CN(Cc2ccnc3ccccc23)CCO1. The van der Waals surface area contributed by atoms with Gasteiger partial charge in [0.1, 0.15) is 11.9 Å². The first-order valence-electron chi connectivity index (χ1n) is 6.74. The Balaban J connectivity index is 1.81. The molecular weight excluding hydrogens is 252 g/mol. The summed E-state index contributed by atoms with van der Waals surface area (Å²) in [5.41, 5.74) is 7.80. The van der Waals surface area contributed by atoms with Crippen molar-refractivity contribution in [2.75, 3.05) is 19.7 Å². The first-order chi connectivity index (χ1) is 9.74. The van der Waals surface area contributed by atoms with Gasteiger partial charge in [-0.25, -0.2) is 0 Å². The first-order valence-corrected chi connectivity index (χ1v) is 6.74. The lowest BCUT2D eigenvalue weighted by Crippen LogP contribution is -2.47. The second-order valence-corrected chi connectivity index (χ2v) is 5.04. The zero-order chi connectivity index (χ0) is 13.9. The molecule has 2 aromatic rings. The number of hydrogen-bond acceptors (Lipinski definition) is 4. The van der Waals surface area contributed by atoms with E-state index >= 15 is 0 Å². The van der Waals surface area contributed by atoms with Gasteiger partial charge < -0.3 is 10.5 Å². The van der Waals surface area contributed by atoms with Crippen LogP contribution in [0.1, 0.15) is 5.56 Å². The van der Waals surface area contributed by atoms with Crippen LogP contribution < -0.4 is 5.73 Å². The lowest BCUT2D eigenvalue weighted by molar-refractivity contribution is 0.00251. The summed E-state index contributed by atoms with van der Waals surface area (Å²) in [4.78, 5) is 6.66. The fourth-order valence-corrected chi connectivity index (χ4v) is 2.57. The molecule has 1 aromatic heterocycles. The highest BCUT2D eigenvalue weighted by atomic mass is 16.5. The molecule has 1 unspecified atom stereocenters. The summed E-state index contributed by atoms with van der Waals surface area (Å²) < 4.78 is 5.49. The summed E-state index contributed by atoms with van der Waals surface area (Å²) in [6.07, 6.45) is 1.57. The molecule has 1 aliphatic rings. The van der Waals surface area contributed by atoms with Gasteiger partial charge in [-0.2, -0.15) is 0 Å². The quantitative estimate of drug-likeness (QED) is 0.652. The van der Waals surface area contributed by atoms with E-state index in [9.17, 15) is 0 Å². The molecule has 3 N–H and O–H groups in total. The van der Waals surface area contributed by atoms with Gasteiger partial charge in [0.2, 0.25) is 0 Å². The molecule has 1 saturated heterocycles. The number of morpholine rings is 1. The van der Waals surface area contributed by atoms with Crippen LogP contribution in [-0.4, -0.2) is 41.5 Å². The standard InChI is InChI=1S/C15H18N4O/c16-15(17)14-10-19(7-8-20-14)9-11-5-6-18-13-4-2-1-3-12(11)13/h1-6,14H,7-10H2,(H3,16,17). The molecule has 1 atom stereocenters. The maximum Gasteiger partial charge on any atom is 0.127 e. The maximum absolute atomic E-state index is 7.51. The minimum atomic E-state index is -0.281. The lowest BCUT2D eigenvalue weighted by Gasteiger charge is -2.32. The number of aromatic nitrogens is 1. The highest BCUT2D eigenvalue weighted by Crippen LogP contribution is 2.19. The van der Waals surface area contributed by atoms with E-state index < -0.39 is 0 Å². The molecule has 5 nitrogen and oxygen atoms in total. The van der Waals surface area contributed by atoms with E-state index in [0.29, 0.717) is 13.2 Å². The Morgan fingerprint density at radius 1 is 1.40 bits per heavy atom. The van der Waals surface area contributed by atoms with E-state index in [1.165, 1.54) is 10.9 Å². The third-order valence-corrected chi connectivity index (χ3v) is 3.63. The number of nitrogens with zero attached hydrogens (tertiary/aromatic N) is 2. The van der Waals surface area contributed by atoms with Crippen molar-refractivity contribution >= 4 is 16.7 Å². The molecule has 1 aromatic carbocycles. The number of benzene rings is 1. The summed E-state index contributed by atoms with van der Waals surface area (Å²) in [5.74, 6) is 0.106. The minimum absolute atomic E-state index is 0.106. The van der Waals surface area contributed by atoms with E-state index in [2.05, 4.69) is 22.0 Å². The lowest BCUT2D eigenvalue weighted by atomic mass is 10.1. The number of nitrogens with one attached hydrogen (secondary N) is 1. The predicted molar refractivity (Wildman–Crippen MR) is 78.7 cm³/mol. The highest BCUT2D eigenvalue weighted by molar-refractivity contribution is 5.82. The Morgan fingerprint density at radius 2 is 2.25 bits per heavy atom. The Labute approximate surface area is 117 Å². The summed E-state index contributed by atoms with van der Waals surface area (Å²) in [7, 11) is 0. The van der Waals surface area contributed by atoms with Crippen LogP contribution in [0.3, 0.4) is 0 Å². The van der Waals surface area contributed by atoms with Crippen LogP contribution in [0.15, 0.2) is 36.5 Å². The second-order valence-electron chi connectivity index (χ2n) is 5.04. The van der Waals surface area contributed by atoms with E-state index in [-0.39, 0.29) is 11.9 Å². The van der Waals surface area contributed by atoms with Crippen LogP contribution in [0.5, 0.6) is 0 Å². The topological polar surface area (TPSA) is 75.2 Å². The molecule has 2 heterocycles. The van der Waals surface area contributed by atoms with Gasteiger partial charge in [-0.05, 0) is 17.7 Å². The number of ether oxygens (including phenoxy) is 1. The molecule has 0 aliphatic carbocycles. The third-order valence-electron chi connectivity index (χ3n) is 3.63. The van der Waals surface area contributed by atoms with Crippen LogP contribution in [-0.2, 0) is 11.3 Å². The molecule has 1 fully saturated rings. The number of amidine groups is 1. The molecule has 0 spiro atoms. The third kappa shape index (κ3) is 2.64. The van der Waals surface area contributed by atoms with Crippen molar-refractivity contribution in [1.29, 1.82) is 5.41 Å². The van der Waals surface area contributed by atoms with Crippen LogP contribution in [0.25, 0.3) is 10.9 Å². The number of fused-ring (bicyclic) bond motifs is 1. The molecule has 5 heteroatoms. The van der Waals surface area contributed by atoms with Gasteiger partial charge >= 0.3 is 0 Å². The van der Waals surface area contributed by atoms with Gasteiger partial charge in [0.25, 0.3) is 0 Å². The summed E-state index contributed by atoms with van der Waals surface area (Å²) in [6.45, 7) is 2.98. The monoisotopic (exact) mass is 270 g/mol. The van der Waals surface area contributed by atoms with Crippen molar-refractivity contribution in [3.8, 4) is 0 Å². The zero-order valence-corrected chi connectivity index (χ0v) is 11.2. The van der Waals surface area contributed by atoms with Crippen molar-refractivity contribution < 1.29 is 4.74 Å². The Bertz CT molecular complexity index is 623.